The lowest BCUT2D eigenvalue weighted by molar-refractivity contribution is -0.146. The molecule has 31 heavy (non-hydrogen) atoms. The SMILES string of the molecule is C[C@H]1CCCC[C@@H]1N1C(=O)C(=O)N(CC(=O)N2CCC(Cc3ccccc3)CC2)C1=O. The average Bonchev–Trinajstić information content (AvgIpc) is 2.98. The molecule has 3 aliphatic rings. The zero-order valence-corrected chi connectivity index (χ0v) is 18.2. The number of carbonyl (C=O) groups excluding carboxylic acids is 4. The Labute approximate surface area is 183 Å². The summed E-state index contributed by atoms with van der Waals surface area (Å²) in [5, 5.41) is 0. The Hall–Kier alpha value is -2.70. The lowest BCUT2D eigenvalue weighted by Crippen LogP contribution is -2.48. The molecule has 1 aromatic carbocycles. The van der Waals surface area contributed by atoms with Gasteiger partial charge in [0, 0.05) is 19.1 Å². The van der Waals surface area contributed by atoms with Gasteiger partial charge in [0.05, 0.1) is 0 Å². The summed E-state index contributed by atoms with van der Waals surface area (Å²) < 4.78 is 0. The number of rotatable bonds is 5. The summed E-state index contributed by atoms with van der Waals surface area (Å²) in [5.41, 5.74) is 1.30. The molecule has 2 heterocycles. The van der Waals surface area contributed by atoms with Crippen LogP contribution in [-0.4, -0.2) is 64.1 Å². The van der Waals surface area contributed by atoms with Crippen molar-refractivity contribution in [2.45, 2.75) is 57.9 Å². The van der Waals surface area contributed by atoms with E-state index in [-0.39, 0.29) is 24.4 Å². The van der Waals surface area contributed by atoms with Gasteiger partial charge in [-0.1, -0.05) is 50.1 Å². The van der Waals surface area contributed by atoms with Crippen molar-refractivity contribution >= 4 is 23.8 Å². The summed E-state index contributed by atoms with van der Waals surface area (Å²) in [7, 11) is 0. The fourth-order valence-electron chi connectivity index (χ4n) is 5.20. The van der Waals surface area contributed by atoms with Crippen LogP contribution in [0.25, 0.3) is 0 Å². The Morgan fingerprint density at radius 3 is 2.29 bits per heavy atom. The van der Waals surface area contributed by atoms with E-state index in [0.29, 0.717) is 19.0 Å². The Morgan fingerprint density at radius 1 is 0.935 bits per heavy atom. The average molecular weight is 426 g/mol. The molecule has 0 unspecified atom stereocenters. The number of amides is 5. The number of hydrogen-bond donors (Lipinski definition) is 0. The van der Waals surface area contributed by atoms with Crippen molar-refractivity contribution < 1.29 is 19.2 Å². The molecule has 0 spiro atoms. The highest BCUT2D eigenvalue weighted by atomic mass is 16.2. The molecule has 0 aromatic heterocycles. The van der Waals surface area contributed by atoms with E-state index >= 15 is 0 Å². The number of nitrogens with zero attached hydrogens (tertiary/aromatic N) is 3. The number of hydrogen-bond acceptors (Lipinski definition) is 4. The molecular weight excluding hydrogens is 394 g/mol. The topological polar surface area (TPSA) is 78.0 Å². The van der Waals surface area contributed by atoms with Crippen molar-refractivity contribution in [1.29, 1.82) is 0 Å². The van der Waals surface area contributed by atoms with Crippen LogP contribution in [0.2, 0.25) is 0 Å². The summed E-state index contributed by atoms with van der Waals surface area (Å²) in [5.74, 6) is -1.21. The van der Waals surface area contributed by atoms with Crippen molar-refractivity contribution in [3.05, 3.63) is 35.9 Å². The number of piperidine rings is 1. The highest BCUT2D eigenvalue weighted by Gasteiger charge is 2.49. The predicted octanol–water partition coefficient (Wildman–Crippen LogP) is 2.84. The van der Waals surface area contributed by atoms with Crippen LogP contribution >= 0.6 is 0 Å². The number of benzene rings is 1. The highest BCUT2D eigenvalue weighted by molar-refractivity contribution is 6.45. The Morgan fingerprint density at radius 2 is 1.61 bits per heavy atom. The van der Waals surface area contributed by atoms with E-state index in [1.54, 1.807) is 4.90 Å². The molecule has 2 atom stereocenters. The number of likely N-dealkylation sites (tertiary alicyclic amines) is 1. The van der Waals surface area contributed by atoms with Gasteiger partial charge in [-0.15, -0.1) is 0 Å². The smallest absolute Gasteiger partial charge is 0.334 e. The lowest BCUT2D eigenvalue weighted by atomic mass is 9.85. The van der Waals surface area contributed by atoms with Crippen molar-refractivity contribution in [3.8, 4) is 0 Å². The molecule has 0 N–H and O–H groups in total. The van der Waals surface area contributed by atoms with Crippen LogP contribution in [0.15, 0.2) is 30.3 Å². The van der Waals surface area contributed by atoms with Crippen LogP contribution in [0.1, 0.15) is 51.0 Å². The van der Waals surface area contributed by atoms with Crippen LogP contribution in [0.4, 0.5) is 4.79 Å². The first kappa shape index (κ1) is 21.5. The molecule has 0 bridgehead atoms. The third kappa shape index (κ3) is 4.50. The summed E-state index contributed by atoms with van der Waals surface area (Å²) >= 11 is 0. The van der Waals surface area contributed by atoms with Crippen molar-refractivity contribution in [2.24, 2.45) is 11.8 Å². The van der Waals surface area contributed by atoms with Gasteiger partial charge in [0.1, 0.15) is 6.54 Å². The second-order valence-electron chi connectivity index (χ2n) is 9.19. The summed E-state index contributed by atoms with van der Waals surface area (Å²) in [4.78, 5) is 54.4. The Balaban J connectivity index is 1.33. The second kappa shape index (κ2) is 9.20. The van der Waals surface area contributed by atoms with Gasteiger partial charge in [0.25, 0.3) is 0 Å². The van der Waals surface area contributed by atoms with Crippen molar-refractivity contribution in [2.75, 3.05) is 19.6 Å². The van der Waals surface area contributed by atoms with E-state index in [1.165, 1.54) is 5.56 Å². The number of urea groups is 1. The minimum Gasteiger partial charge on any atom is -0.341 e. The van der Waals surface area contributed by atoms with E-state index in [2.05, 4.69) is 12.1 Å². The van der Waals surface area contributed by atoms with E-state index in [1.807, 2.05) is 25.1 Å². The summed E-state index contributed by atoms with van der Waals surface area (Å²) in [6.45, 7) is 2.90. The molecule has 0 radical (unpaired) electrons. The fourth-order valence-corrected chi connectivity index (χ4v) is 5.20. The summed E-state index contributed by atoms with van der Waals surface area (Å²) in [6.07, 6.45) is 6.46. The van der Waals surface area contributed by atoms with E-state index < -0.39 is 17.8 Å². The minimum atomic E-state index is -0.866. The zero-order chi connectivity index (χ0) is 22.0. The van der Waals surface area contributed by atoms with E-state index in [4.69, 9.17) is 0 Å². The monoisotopic (exact) mass is 425 g/mol. The maximum Gasteiger partial charge on any atom is 0.334 e. The second-order valence-corrected chi connectivity index (χ2v) is 9.19. The third-order valence-corrected chi connectivity index (χ3v) is 7.11. The Kier molecular flexibility index (Phi) is 6.39. The van der Waals surface area contributed by atoms with Crippen LogP contribution < -0.4 is 0 Å². The van der Waals surface area contributed by atoms with Gasteiger partial charge in [-0.25, -0.2) is 9.69 Å². The van der Waals surface area contributed by atoms with Crippen LogP contribution in [-0.2, 0) is 20.8 Å². The lowest BCUT2D eigenvalue weighted by Gasteiger charge is -2.34. The van der Waals surface area contributed by atoms with Crippen LogP contribution in [0.5, 0.6) is 0 Å². The van der Waals surface area contributed by atoms with Gasteiger partial charge in [-0.3, -0.25) is 19.3 Å². The van der Waals surface area contributed by atoms with Gasteiger partial charge in [-0.05, 0) is 49.5 Å². The van der Waals surface area contributed by atoms with E-state index in [9.17, 15) is 19.2 Å². The molecule has 2 aliphatic heterocycles. The number of carbonyl (C=O) groups is 4. The molecule has 7 heteroatoms. The quantitative estimate of drug-likeness (QED) is 0.537. The van der Waals surface area contributed by atoms with Crippen LogP contribution in [0, 0.1) is 11.8 Å². The predicted molar refractivity (Wildman–Crippen MR) is 115 cm³/mol. The molecule has 3 fully saturated rings. The van der Waals surface area contributed by atoms with Gasteiger partial charge in [0.15, 0.2) is 0 Å². The summed E-state index contributed by atoms with van der Waals surface area (Å²) in [6, 6.07) is 9.46. The molecule has 7 nitrogen and oxygen atoms in total. The molecule has 166 valence electrons. The van der Waals surface area contributed by atoms with E-state index in [0.717, 1.165) is 54.7 Å². The first-order chi connectivity index (χ1) is 15.0. The van der Waals surface area contributed by atoms with Crippen LogP contribution in [0.3, 0.4) is 0 Å². The number of imide groups is 2. The molecule has 1 saturated carbocycles. The largest absolute Gasteiger partial charge is 0.341 e. The maximum absolute atomic E-state index is 12.9. The highest BCUT2D eigenvalue weighted by Crippen LogP contribution is 2.31. The first-order valence-corrected chi connectivity index (χ1v) is 11.5. The molecule has 1 aliphatic carbocycles. The van der Waals surface area contributed by atoms with Gasteiger partial charge >= 0.3 is 17.8 Å². The van der Waals surface area contributed by atoms with Crippen molar-refractivity contribution in [1.82, 2.24) is 14.7 Å². The normalized spacial score (nSPS) is 25.5. The van der Waals surface area contributed by atoms with Crippen molar-refractivity contribution in [3.63, 3.8) is 0 Å². The van der Waals surface area contributed by atoms with Gasteiger partial charge in [-0.2, -0.15) is 0 Å². The molecule has 2 saturated heterocycles. The molecular formula is C24H31N3O4. The molecule has 4 rings (SSSR count). The maximum atomic E-state index is 12.9. The fraction of sp³-hybridized carbons (Fsp3) is 0.583. The minimum absolute atomic E-state index is 0.175. The standard InChI is InChI=1S/C24H31N3O4/c1-17-7-5-6-10-20(17)27-23(30)22(29)26(24(27)31)16-21(28)25-13-11-19(12-14-25)15-18-8-3-2-4-9-18/h2-4,8-9,17,19-20H,5-7,10-16H2,1H3/t17-,20-/m0/s1. The van der Waals surface area contributed by atoms with Gasteiger partial charge < -0.3 is 4.90 Å². The first-order valence-electron chi connectivity index (χ1n) is 11.5. The van der Waals surface area contributed by atoms with Gasteiger partial charge in [0.2, 0.25) is 5.91 Å². The molecule has 1 aromatic rings. The molecule has 5 amide bonds. The third-order valence-electron chi connectivity index (χ3n) is 7.11. The Bertz CT molecular complexity index is 848. The zero-order valence-electron chi connectivity index (χ0n) is 18.2.